The minimum atomic E-state index is -1.05. The number of aryl methyl sites for hydroxylation is 2. The molecule has 4 N–H and O–H groups in total. The lowest BCUT2D eigenvalue weighted by Gasteiger charge is -2.18. The first kappa shape index (κ1) is 18.0. The highest BCUT2D eigenvalue weighted by Crippen LogP contribution is 2.23. The lowest BCUT2D eigenvalue weighted by atomic mass is 10.0. The standard InChI is InChI=1S/C17H23N3O4/c1-11-15(12(2)20-19-11)16(22)14(21)8-9-18-17(23)24-10-13-6-4-3-5-7-13/h3-7,14,16,21-22H,8-10H2,1-2H3,(H,18,23)(H,19,20). The number of aliphatic hydroxyl groups excluding tert-OH is 2. The molecule has 1 heterocycles. The van der Waals surface area contributed by atoms with Crippen molar-refractivity contribution in [1.82, 2.24) is 15.5 Å². The third kappa shape index (κ3) is 4.81. The van der Waals surface area contributed by atoms with Gasteiger partial charge in [-0.3, -0.25) is 5.10 Å². The van der Waals surface area contributed by atoms with Gasteiger partial charge >= 0.3 is 6.09 Å². The molecule has 7 heteroatoms. The predicted molar refractivity (Wildman–Crippen MR) is 88.3 cm³/mol. The van der Waals surface area contributed by atoms with E-state index in [0.717, 1.165) is 5.56 Å². The van der Waals surface area contributed by atoms with Gasteiger partial charge in [0.15, 0.2) is 0 Å². The van der Waals surface area contributed by atoms with E-state index in [4.69, 9.17) is 4.74 Å². The number of aromatic nitrogens is 2. The van der Waals surface area contributed by atoms with Crippen molar-refractivity contribution in [3.05, 3.63) is 52.8 Å². The normalized spacial score (nSPS) is 13.3. The topological polar surface area (TPSA) is 107 Å². The summed E-state index contributed by atoms with van der Waals surface area (Å²) in [7, 11) is 0. The van der Waals surface area contributed by atoms with Crippen molar-refractivity contribution in [3.63, 3.8) is 0 Å². The molecule has 7 nitrogen and oxygen atoms in total. The number of ether oxygens (including phenoxy) is 1. The molecule has 0 saturated carbocycles. The van der Waals surface area contributed by atoms with Gasteiger partial charge in [0.05, 0.1) is 11.8 Å². The smallest absolute Gasteiger partial charge is 0.407 e. The Kier molecular flexibility index (Phi) is 6.34. The lowest BCUT2D eigenvalue weighted by Crippen LogP contribution is -2.30. The van der Waals surface area contributed by atoms with Gasteiger partial charge in [-0.25, -0.2) is 4.79 Å². The van der Waals surface area contributed by atoms with Gasteiger partial charge < -0.3 is 20.3 Å². The van der Waals surface area contributed by atoms with Gasteiger partial charge in [-0.2, -0.15) is 5.10 Å². The van der Waals surface area contributed by atoms with E-state index in [9.17, 15) is 15.0 Å². The summed E-state index contributed by atoms with van der Waals surface area (Å²) < 4.78 is 5.07. The van der Waals surface area contributed by atoms with Crippen molar-refractivity contribution >= 4 is 6.09 Å². The molecule has 0 spiro atoms. The van der Waals surface area contributed by atoms with E-state index < -0.39 is 18.3 Å². The molecular formula is C17H23N3O4. The van der Waals surface area contributed by atoms with Crippen LogP contribution in [-0.2, 0) is 11.3 Å². The third-order valence-electron chi connectivity index (χ3n) is 3.77. The van der Waals surface area contributed by atoms with Crippen LogP contribution in [0.4, 0.5) is 4.79 Å². The summed E-state index contributed by atoms with van der Waals surface area (Å²) in [5.74, 6) is 0. The monoisotopic (exact) mass is 333 g/mol. The van der Waals surface area contributed by atoms with Gasteiger partial charge in [0.25, 0.3) is 0 Å². The molecule has 1 aromatic carbocycles. The van der Waals surface area contributed by atoms with Crippen LogP contribution in [0.15, 0.2) is 30.3 Å². The second-order valence-electron chi connectivity index (χ2n) is 5.64. The highest BCUT2D eigenvalue weighted by Gasteiger charge is 2.23. The highest BCUT2D eigenvalue weighted by atomic mass is 16.5. The first-order valence-electron chi connectivity index (χ1n) is 7.81. The van der Waals surface area contributed by atoms with E-state index >= 15 is 0 Å². The van der Waals surface area contributed by atoms with E-state index in [0.29, 0.717) is 17.0 Å². The van der Waals surface area contributed by atoms with Crippen LogP contribution in [0.3, 0.4) is 0 Å². The minimum absolute atomic E-state index is 0.186. The van der Waals surface area contributed by atoms with Crippen LogP contribution in [0.1, 0.15) is 35.0 Å². The largest absolute Gasteiger partial charge is 0.445 e. The number of benzene rings is 1. The van der Waals surface area contributed by atoms with E-state index in [-0.39, 0.29) is 19.6 Å². The zero-order chi connectivity index (χ0) is 17.5. The van der Waals surface area contributed by atoms with Crippen molar-refractivity contribution in [2.45, 2.75) is 39.1 Å². The summed E-state index contributed by atoms with van der Waals surface area (Å²) >= 11 is 0. The quantitative estimate of drug-likeness (QED) is 0.617. The van der Waals surface area contributed by atoms with Crippen LogP contribution in [0, 0.1) is 13.8 Å². The van der Waals surface area contributed by atoms with E-state index in [1.54, 1.807) is 13.8 Å². The number of nitrogens with zero attached hydrogens (tertiary/aromatic N) is 1. The summed E-state index contributed by atoms with van der Waals surface area (Å²) in [5, 5.41) is 29.6. The van der Waals surface area contributed by atoms with Gasteiger partial charge in [0.1, 0.15) is 12.7 Å². The number of hydrogen-bond donors (Lipinski definition) is 4. The Bertz CT molecular complexity index is 638. The van der Waals surface area contributed by atoms with E-state index in [2.05, 4.69) is 15.5 Å². The number of amides is 1. The zero-order valence-corrected chi connectivity index (χ0v) is 13.8. The van der Waals surface area contributed by atoms with Crippen molar-refractivity contribution in [3.8, 4) is 0 Å². The van der Waals surface area contributed by atoms with Crippen LogP contribution in [0.25, 0.3) is 0 Å². The van der Waals surface area contributed by atoms with Crippen molar-refractivity contribution in [1.29, 1.82) is 0 Å². The summed E-state index contributed by atoms with van der Waals surface area (Å²) in [4.78, 5) is 11.6. The van der Waals surface area contributed by atoms with Crippen molar-refractivity contribution < 1.29 is 19.7 Å². The van der Waals surface area contributed by atoms with Crippen molar-refractivity contribution in [2.75, 3.05) is 6.54 Å². The molecule has 2 aromatic rings. The lowest BCUT2D eigenvalue weighted by molar-refractivity contribution is 0.0129. The predicted octanol–water partition coefficient (Wildman–Crippen LogP) is 1.74. The summed E-state index contributed by atoms with van der Waals surface area (Å²) in [6, 6.07) is 9.36. The molecule has 24 heavy (non-hydrogen) atoms. The van der Waals surface area contributed by atoms with E-state index in [1.165, 1.54) is 0 Å². The Morgan fingerprint density at radius 3 is 2.62 bits per heavy atom. The van der Waals surface area contributed by atoms with Crippen molar-refractivity contribution in [2.24, 2.45) is 0 Å². The average Bonchev–Trinajstić information content (AvgIpc) is 2.91. The molecule has 0 aliphatic rings. The molecule has 0 aliphatic carbocycles. The van der Waals surface area contributed by atoms with Crippen LogP contribution in [-0.4, -0.2) is 39.2 Å². The Morgan fingerprint density at radius 2 is 2.00 bits per heavy atom. The Balaban J connectivity index is 1.72. The number of carbonyl (C=O) groups is 1. The second kappa shape index (κ2) is 8.47. The van der Waals surface area contributed by atoms with Gasteiger partial charge in [-0.1, -0.05) is 30.3 Å². The molecule has 130 valence electrons. The molecule has 0 bridgehead atoms. The summed E-state index contributed by atoms with van der Waals surface area (Å²) in [5.41, 5.74) is 2.85. The average molecular weight is 333 g/mol. The van der Waals surface area contributed by atoms with Gasteiger partial charge in [-0.15, -0.1) is 0 Å². The molecular weight excluding hydrogens is 310 g/mol. The van der Waals surface area contributed by atoms with Gasteiger partial charge in [0.2, 0.25) is 0 Å². The Morgan fingerprint density at radius 1 is 1.29 bits per heavy atom. The van der Waals surface area contributed by atoms with Crippen LogP contribution >= 0.6 is 0 Å². The number of hydrogen-bond acceptors (Lipinski definition) is 5. The third-order valence-corrected chi connectivity index (χ3v) is 3.77. The van der Waals surface area contributed by atoms with Crippen LogP contribution < -0.4 is 5.32 Å². The molecule has 0 fully saturated rings. The number of aliphatic hydroxyl groups is 2. The first-order chi connectivity index (χ1) is 11.5. The molecule has 0 aliphatic heterocycles. The van der Waals surface area contributed by atoms with Crippen LogP contribution in [0.5, 0.6) is 0 Å². The molecule has 1 aromatic heterocycles. The maximum Gasteiger partial charge on any atom is 0.407 e. The van der Waals surface area contributed by atoms with Crippen LogP contribution in [0.2, 0.25) is 0 Å². The number of rotatable bonds is 7. The fourth-order valence-corrected chi connectivity index (χ4v) is 2.44. The highest BCUT2D eigenvalue weighted by molar-refractivity contribution is 5.67. The number of aromatic amines is 1. The first-order valence-corrected chi connectivity index (χ1v) is 7.81. The minimum Gasteiger partial charge on any atom is -0.445 e. The van der Waals surface area contributed by atoms with Gasteiger partial charge in [-0.05, 0) is 25.8 Å². The fraction of sp³-hybridized carbons (Fsp3) is 0.412. The van der Waals surface area contributed by atoms with E-state index in [1.807, 2.05) is 30.3 Å². The summed E-state index contributed by atoms with van der Waals surface area (Å²) in [6.45, 7) is 3.92. The number of carbonyl (C=O) groups excluding carboxylic acids is 1. The maximum absolute atomic E-state index is 11.6. The molecule has 2 rings (SSSR count). The Hall–Kier alpha value is -2.38. The molecule has 0 saturated heterocycles. The second-order valence-corrected chi connectivity index (χ2v) is 5.64. The maximum atomic E-state index is 11.6. The molecule has 1 amide bonds. The molecule has 2 unspecified atom stereocenters. The van der Waals surface area contributed by atoms with Gasteiger partial charge in [0, 0.05) is 17.8 Å². The zero-order valence-electron chi connectivity index (χ0n) is 13.8. The molecule has 0 radical (unpaired) electrons. The molecule has 2 atom stereocenters. The number of nitrogens with one attached hydrogen (secondary N) is 2. The fourth-order valence-electron chi connectivity index (χ4n) is 2.44. The summed E-state index contributed by atoms with van der Waals surface area (Å²) in [6.07, 6.45) is -2.41. The number of H-pyrrole nitrogens is 1. The SMILES string of the molecule is Cc1n[nH]c(C)c1C(O)C(O)CCNC(=O)OCc1ccccc1. The number of alkyl carbamates (subject to hydrolysis) is 1. The Labute approximate surface area is 140 Å².